The van der Waals surface area contributed by atoms with Crippen molar-refractivity contribution in [3.63, 3.8) is 0 Å². The first kappa shape index (κ1) is 19.6. The second-order valence-electron chi connectivity index (χ2n) is 6.13. The van der Waals surface area contributed by atoms with Crippen molar-refractivity contribution in [1.82, 2.24) is 10.9 Å². The molecular weight excluding hydrogens is 387 g/mol. The molecule has 0 aliphatic heterocycles. The molecule has 2 amide bonds. The number of carbonyl (C=O) groups is 2. The largest absolute Gasteiger partial charge is 0.377 e. The minimum absolute atomic E-state index is 0.0371. The number of benzene rings is 2. The minimum Gasteiger partial charge on any atom is -0.377 e. The Labute approximate surface area is 164 Å². The summed E-state index contributed by atoms with van der Waals surface area (Å²) in [4.78, 5) is 35.0. The number of rotatable bonds is 7. The average molecular weight is 404 g/mol. The second kappa shape index (κ2) is 8.70. The van der Waals surface area contributed by atoms with Crippen LogP contribution in [0.3, 0.4) is 0 Å². The van der Waals surface area contributed by atoms with Crippen molar-refractivity contribution in [2.45, 2.75) is 23.8 Å². The first-order valence-corrected chi connectivity index (χ1v) is 9.44. The van der Waals surface area contributed by atoms with E-state index in [0.717, 1.165) is 30.7 Å². The number of anilines is 1. The predicted octanol–water partition coefficient (Wildman–Crippen LogP) is 2.86. The number of halogens is 1. The summed E-state index contributed by atoms with van der Waals surface area (Å²) in [6.07, 6.45) is 1.91. The molecule has 3 N–H and O–H groups in total. The number of nitro benzene ring substituents is 1. The SMILES string of the molecule is O=C(CSc1ccccc1F)NNC(=O)c1ccc(NC2CC2)c([N+](=O)[O-])c1. The number of hydrazine groups is 1. The molecule has 1 aliphatic rings. The molecule has 0 spiro atoms. The number of hydrogen-bond donors (Lipinski definition) is 3. The van der Waals surface area contributed by atoms with E-state index in [1.165, 1.54) is 18.2 Å². The Morgan fingerprint density at radius 3 is 2.61 bits per heavy atom. The van der Waals surface area contributed by atoms with E-state index in [4.69, 9.17) is 0 Å². The Bertz CT molecular complexity index is 920. The number of amides is 2. The Morgan fingerprint density at radius 2 is 1.93 bits per heavy atom. The van der Waals surface area contributed by atoms with E-state index < -0.39 is 22.6 Å². The summed E-state index contributed by atoms with van der Waals surface area (Å²) in [6, 6.07) is 10.3. The summed E-state index contributed by atoms with van der Waals surface area (Å²) in [5.41, 5.74) is 4.59. The Hall–Kier alpha value is -3.14. The molecule has 10 heteroatoms. The normalized spacial score (nSPS) is 12.9. The van der Waals surface area contributed by atoms with Crippen LogP contribution in [0.25, 0.3) is 0 Å². The van der Waals surface area contributed by atoms with Gasteiger partial charge >= 0.3 is 0 Å². The molecule has 8 nitrogen and oxygen atoms in total. The van der Waals surface area contributed by atoms with E-state index in [9.17, 15) is 24.1 Å². The smallest absolute Gasteiger partial charge is 0.293 e. The topological polar surface area (TPSA) is 113 Å². The van der Waals surface area contributed by atoms with Gasteiger partial charge in [0.1, 0.15) is 11.5 Å². The molecule has 1 aliphatic carbocycles. The molecule has 146 valence electrons. The van der Waals surface area contributed by atoms with Crippen molar-refractivity contribution in [3.05, 3.63) is 64.0 Å². The molecule has 0 heterocycles. The minimum atomic E-state index is -0.690. The van der Waals surface area contributed by atoms with Crippen molar-refractivity contribution in [1.29, 1.82) is 0 Å². The molecule has 2 aromatic rings. The summed E-state index contributed by atoms with van der Waals surface area (Å²) in [5.74, 6) is -1.77. The summed E-state index contributed by atoms with van der Waals surface area (Å²) >= 11 is 0.987. The van der Waals surface area contributed by atoms with Gasteiger partial charge in [0.15, 0.2) is 0 Å². The first-order valence-electron chi connectivity index (χ1n) is 8.45. The number of carbonyl (C=O) groups excluding carboxylic acids is 2. The Balaban J connectivity index is 1.55. The lowest BCUT2D eigenvalue weighted by Gasteiger charge is -2.09. The van der Waals surface area contributed by atoms with Gasteiger partial charge in [-0.2, -0.15) is 0 Å². The number of hydrogen-bond acceptors (Lipinski definition) is 6. The van der Waals surface area contributed by atoms with E-state index in [0.29, 0.717) is 10.6 Å². The fraction of sp³-hybridized carbons (Fsp3) is 0.222. The third kappa shape index (κ3) is 5.19. The number of thioether (sulfide) groups is 1. The quantitative estimate of drug-likeness (QED) is 0.372. The summed E-state index contributed by atoms with van der Waals surface area (Å²) in [6.45, 7) is 0. The molecule has 28 heavy (non-hydrogen) atoms. The maximum atomic E-state index is 13.5. The van der Waals surface area contributed by atoms with Crippen LogP contribution < -0.4 is 16.2 Å². The lowest BCUT2D eigenvalue weighted by molar-refractivity contribution is -0.384. The van der Waals surface area contributed by atoms with Crippen molar-refractivity contribution >= 4 is 35.0 Å². The third-order valence-electron chi connectivity index (χ3n) is 3.90. The molecule has 0 bridgehead atoms. The Morgan fingerprint density at radius 1 is 1.18 bits per heavy atom. The molecule has 1 saturated carbocycles. The molecule has 0 radical (unpaired) electrons. The highest BCUT2D eigenvalue weighted by Gasteiger charge is 2.25. The summed E-state index contributed by atoms with van der Waals surface area (Å²) in [7, 11) is 0. The molecule has 0 atom stereocenters. The van der Waals surface area contributed by atoms with Gasteiger partial charge in [-0.1, -0.05) is 12.1 Å². The number of nitrogens with one attached hydrogen (secondary N) is 3. The third-order valence-corrected chi connectivity index (χ3v) is 4.95. The summed E-state index contributed by atoms with van der Waals surface area (Å²) in [5, 5.41) is 14.3. The highest BCUT2D eigenvalue weighted by Crippen LogP contribution is 2.31. The van der Waals surface area contributed by atoms with E-state index in [-0.39, 0.29) is 23.0 Å². The van der Waals surface area contributed by atoms with Crippen molar-refractivity contribution in [3.8, 4) is 0 Å². The van der Waals surface area contributed by atoms with Crippen molar-refractivity contribution < 1.29 is 18.9 Å². The number of nitrogens with zero attached hydrogens (tertiary/aromatic N) is 1. The van der Waals surface area contributed by atoms with E-state index in [2.05, 4.69) is 16.2 Å². The molecule has 0 saturated heterocycles. The number of nitro groups is 1. The van der Waals surface area contributed by atoms with Gasteiger partial charge in [-0.25, -0.2) is 4.39 Å². The van der Waals surface area contributed by atoms with Gasteiger partial charge in [-0.15, -0.1) is 11.8 Å². The van der Waals surface area contributed by atoms with E-state index in [1.807, 2.05) is 0 Å². The van der Waals surface area contributed by atoms with Crippen LogP contribution in [0.2, 0.25) is 0 Å². The van der Waals surface area contributed by atoms with Crippen LogP contribution in [0.5, 0.6) is 0 Å². The highest BCUT2D eigenvalue weighted by molar-refractivity contribution is 8.00. The van der Waals surface area contributed by atoms with Crippen molar-refractivity contribution in [2.24, 2.45) is 0 Å². The molecule has 3 rings (SSSR count). The zero-order chi connectivity index (χ0) is 20.1. The van der Waals surface area contributed by atoms with Crippen molar-refractivity contribution in [2.75, 3.05) is 11.1 Å². The van der Waals surface area contributed by atoms with Gasteiger partial charge in [0.05, 0.1) is 10.7 Å². The molecule has 1 fully saturated rings. The van der Waals surface area contributed by atoms with E-state index >= 15 is 0 Å². The zero-order valence-corrected chi connectivity index (χ0v) is 15.4. The average Bonchev–Trinajstić information content (AvgIpc) is 3.49. The lowest BCUT2D eigenvalue weighted by atomic mass is 10.1. The maximum Gasteiger partial charge on any atom is 0.293 e. The molecule has 0 aromatic heterocycles. The van der Waals surface area contributed by atoms with Gasteiger partial charge in [-0.05, 0) is 37.1 Å². The monoisotopic (exact) mass is 404 g/mol. The van der Waals surface area contributed by atoms with Crippen LogP contribution in [0, 0.1) is 15.9 Å². The maximum absolute atomic E-state index is 13.5. The van der Waals surface area contributed by atoms with Gasteiger partial charge in [0.2, 0.25) is 5.91 Å². The van der Waals surface area contributed by atoms with Crippen LogP contribution >= 0.6 is 11.8 Å². The fourth-order valence-electron chi connectivity index (χ4n) is 2.33. The van der Waals surface area contributed by atoms with Crippen LogP contribution in [0.4, 0.5) is 15.8 Å². The zero-order valence-electron chi connectivity index (χ0n) is 14.6. The standard InChI is InChI=1S/C18H17FN4O4S/c19-13-3-1-2-4-16(13)28-10-17(24)21-22-18(25)11-5-8-14(20-12-6-7-12)15(9-11)23(26)27/h1-5,8-9,12,20H,6-7,10H2,(H,21,24)(H,22,25). The van der Waals surface area contributed by atoms with E-state index in [1.54, 1.807) is 18.2 Å². The highest BCUT2D eigenvalue weighted by atomic mass is 32.2. The van der Waals surface area contributed by atoms with Gasteiger partial charge in [0, 0.05) is 22.6 Å². The van der Waals surface area contributed by atoms with Gasteiger partial charge in [-0.3, -0.25) is 30.6 Å². The summed E-state index contributed by atoms with van der Waals surface area (Å²) < 4.78 is 13.5. The van der Waals surface area contributed by atoms with Crippen LogP contribution in [0.1, 0.15) is 23.2 Å². The van der Waals surface area contributed by atoms with Gasteiger partial charge < -0.3 is 5.32 Å². The lowest BCUT2D eigenvalue weighted by Crippen LogP contribution is -2.42. The first-order chi connectivity index (χ1) is 13.4. The predicted molar refractivity (Wildman–Crippen MR) is 102 cm³/mol. The van der Waals surface area contributed by atoms with Crippen LogP contribution in [-0.4, -0.2) is 28.5 Å². The Kier molecular flexibility index (Phi) is 6.09. The van der Waals surface area contributed by atoms with Gasteiger partial charge in [0.25, 0.3) is 11.6 Å². The van der Waals surface area contributed by atoms with Crippen LogP contribution in [0.15, 0.2) is 47.4 Å². The molecular formula is C18H17FN4O4S. The molecule has 0 unspecified atom stereocenters. The van der Waals surface area contributed by atoms with Crippen LogP contribution in [-0.2, 0) is 4.79 Å². The second-order valence-corrected chi connectivity index (χ2v) is 7.15. The fourth-order valence-corrected chi connectivity index (χ4v) is 3.07. The molecule has 2 aromatic carbocycles.